The van der Waals surface area contributed by atoms with Crippen LogP contribution in [0.2, 0.25) is 0 Å². The molecule has 3 nitrogen and oxygen atoms in total. The molecule has 2 aromatic carbocycles. The Labute approximate surface area is 147 Å². The van der Waals surface area contributed by atoms with E-state index < -0.39 is 0 Å². The summed E-state index contributed by atoms with van der Waals surface area (Å²) in [5.41, 5.74) is 3.53. The average molecular weight is 338 g/mol. The van der Waals surface area contributed by atoms with E-state index in [4.69, 9.17) is 0 Å². The number of amides is 1. The number of thioether (sulfide) groups is 1. The van der Waals surface area contributed by atoms with Gasteiger partial charge in [-0.3, -0.25) is 9.69 Å². The summed E-state index contributed by atoms with van der Waals surface area (Å²) in [7, 11) is 0. The minimum Gasteiger partial charge on any atom is -0.325 e. The Kier molecular flexibility index (Phi) is 5.72. The zero-order valence-corrected chi connectivity index (χ0v) is 14.7. The molecule has 4 heteroatoms. The van der Waals surface area contributed by atoms with Crippen LogP contribution in [0.25, 0.3) is 5.57 Å². The molecule has 2 aromatic rings. The topological polar surface area (TPSA) is 32.3 Å². The molecule has 1 heterocycles. The quantitative estimate of drug-likeness (QED) is 0.832. The molecule has 1 N–H and O–H groups in total. The third-order valence-electron chi connectivity index (χ3n) is 4.16. The van der Waals surface area contributed by atoms with E-state index in [0.717, 1.165) is 30.1 Å². The molecule has 0 spiro atoms. The van der Waals surface area contributed by atoms with Crippen LogP contribution in [0.15, 0.2) is 65.6 Å². The lowest BCUT2D eigenvalue weighted by Gasteiger charge is -2.25. The van der Waals surface area contributed by atoms with E-state index in [-0.39, 0.29) is 5.91 Å². The summed E-state index contributed by atoms with van der Waals surface area (Å²) in [6.45, 7) is 2.17. The van der Waals surface area contributed by atoms with E-state index in [1.54, 1.807) is 11.8 Å². The maximum atomic E-state index is 12.3. The highest BCUT2D eigenvalue weighted by molar-refractivity contribution is 7.98. The lowest BCUT2D eigenvalue weighted by atomic mass is 10.00. The van der Waals surface area contributed by atoms with Crippen LogP contribution < -0.4 is 5.32 Å². The van der Waals surface area contributed by atoms with Crippen LogP contribution in [0.1, 0.15) is 12.0 Å². The molecule has 1 aliphatic heterocycles. The van der Waals surface area contributed by atoms with E-state index in [9.17, 15) is 4.79 Å². The van der Waals surface area contributed by atoms with Crippen LogP contribution in [-0.2, 0) is 4.79 Å². The molecular formula is C20H22N2OS. The maximum Gasteiger partial charge on any atom is 0.238 e. The molecule has 0 fully saturated rings. The summed E-state index contributed by atoms with van der Waals surface area (Å²) >= 11 is 1.67. The van der Waals surface area contributed by atoms with Crippen molar-refractivity contribution in [3.8, 4) is 0 Å². The SMILES string of the molecule is CSc1cccc(NC(=O)CN2CC=C(c3ccccc3)CC2)c1. The van der Waals surface area contributed by atoms with Crippen molar-refractivity contribution in [3.05, 3.63) is 66.2 Å². The number of nitrogens with zero attached hydrogens (tertiary/aromatic N) is 1. The molecule has 1 aliphatic rings. The number of nitrogens with one attached hydrogen (secondary N) is 1. The fourth-order valence-electron chi connectivity index (χ4n) is 2.87. The standard InChI is InChI=1S/C20H22N2OS/c1-24-19-9-5-8-18(14-19)21-20(23)15-22-12-10-17(11-13-22)16-6-3-2-4-7-16/h2-10,14H,11-13,15H2,1H3,(H,21,23). The maximum absolute atomic E-state index is 12.3. The van der Waals surface area contributed by atoms with Gasteiger partial charge in [-0.2, -0.15) is 0 Å². The third-order valence-corrected chi connectivity index (χ3v) is 4.88. The first-order valence-electron chi connectivity index (χ1n) is 8.15. The Balaban J connectivity index is 1.54. The summed E-state index contributed by atoms with van der Waals surface area (Å²) in [5, 5.41) is 2.99. The number of hydrogen-bond acceptors (Lipinski definition) is 3. The summed E-state index contributed by atoms with van der Waals surface area (Å²) < 4.78 is 0. The van der Waals surface area contributed by atoms with Crippen molar-refractivity contribution in [1.29, 1.82) is 0 Å². The molecule has 0 aliphatic carbocycles. The van der Waals surface area contributed by atoms with Gasteiger partial charge >= 0.3 is 0 Å². The normalized spacial score (nSPS) is 15.0. The van der Waals surface area contributed by atoms with E-state index in [2.05, 4.69) is 40.6 Å². The van der Waals surface area contributed by atoms with Crippen molar-refractivity contribution < 1.29 is 4.79 Å². The molecule has 24 heavy (non-hydrogen) atoms. The molecule has 0 radical (unpaired) electrons. The summed E-state index contributed by atoms with van der Waals surface area (Å²) in [4.78, 5) is 15.6. The average Bonchev–Trinajstić information content (AvgIpc) is 2.63. The molecule has 0 unspecified atom stereocenters. The Bertz CT molecular complexity index is 727. The van der Waals surface area contributed by atoms with Gasteiger partial charge in [0.25, 0.3) is 0 Å². The molecule has 124 valence electrons. The van der Waals surface area contributed by atoms with Crippen molar-refractivity contribution in [2.75, 3.05) is 31.2 Å². The molecule has 0 atom stereocenters. The van der Waals surface area contributed by atoms with Gasteiger partial charge in [-0.1, -0.05) is 42.5 Å². The number of carbonyl (C=O) groups excluding carboxylic acids is 1. The number of hydrogen-bond donors (Lipinski definition) is 1. The molecule has 3 rings (SSSR count). The minimum absolute atomic E-state index is 0.0461. The highest BCUT2D eigenvalue weighted by atomic mass is 32.2. The lowest BCUT2D eigenvalue weighted by molar-refractivity contribution is -0.117. The number of rotatable bonds is 5. The second-order valence-corrected chi connectivity index (χ2v) is 6.74. The summed E-state index contributed by atoms with van der Waals surface area (Å²) in [6.07, 6.45) is 5.25. The van der Waals surface area contributed by atoms with Crippen LogP contribution in [0, 0.1) is 0 Å². The van der Waals surface area contributed by atoms with Crippen molar-refractivity contribution in [1.82, 2.24) is 4.90 Å². The van der Waals surface area contributed by atoms with Gasteiger partial charge in [-0.25, -0.2) is 0 Å². The van der Waals surface area contributed by atoms with Gasteiger partial charge in [-0.15, -0.1) is 11.8 Å². The first-order chi connectivity index (χ1) is 11.7. The third kappa shape index (κ3) is 4.49. The van der Waals surface area contributed by atoms with Crippen LogP contribution in [0.3, 0.4) is 0 Å². The van der Waals surface area contributed by atoms with E-state index >= 15 is 0 Å². The first kappa shape index (κ1) is 16.8. The molecular weight excluding hydrogens is 316 g/mol. The van der Waals surface area contributed by atoms with Gasteiger partial charge in [0.05, 0.1) is 6.54 Å². The molecule has 0 bridgehead atoms. The summed E-state index contributed by atoms with van der Waals surface area (Å²) in [5.74, 6) is 0.0461. The van der Waals surface area contributed by atoms with Crippen molar-refractivity contribution >= 4 is 28.9 Å². The van der Waals surface area contributed by atoms with Gasteiger partial charge in [0.2, 0.25) is 5.91 Å². The van der Waals surface area contributed by atoms with Gasteiger partial charge < -0.3 is 5.32 Å². The van der Waals surface area contributed by atoms with Gasteiger partial charge in [0, 0.05) is 23.7 Å². The minimum atomic E-state index is 0.0461. The highest BCUT2D eigenvalue weighted by Gasteiger charge is 2.15. The Morgan fingerprint density at radius 3 is 2.71 bits per heavy atom. The van der Waals surface area contributed by atoms with Crippen molar-refractivity contribution in [2.24, 2.45) is 0 Å². The fourth-order valence-corrected chi connectivity index (χ4v) is 3.33. The number of anilines is 1. The van der Waals surface area contributed by atoms with Gasteiger partial charge in [-0.05, 0) is 42.0 Å². The second kappa shape index (κ2) is 8.18. The summed E-state index contributed by atoms with van der Waals surface area (Å²) in [6, 6.07) is 18.4. The second-order valence-electron chi connectivity index (χ2n) is 5.86. The smallest absolute Gasteiger partial charge is 0.238 e. The fraction of sp³-hybridized carbons (Fsp3) is 0.250. The number of carbonyl (C=O) groups is 1. The Hall–Kier alpha value is -2.04. The van der Waals surface area contributed by atoms with E-state index in [0.29, 0.717) is 6.54 Å². The predicted octanol–water partition coefficient (Wildman–Crippen LogP) is 4.14. The lowest BCUT2D eigenvalue weighted by Crippen LogP contribution is -2.36. The largest absolute Gasteiger partial charge is 0.325 e. The van der Waals surface area contributed by atoms with Crippen molar-refractivity contribution in [3.63, 3.8) is 0 Å². The highest BCUT2D eigenvalue weighted by Crippen LogP contribution is 2.22. The molecule has 0 saturated heterocycles. The van der Waals surface area contributed by atoms with Crippen molar-refractivity contribution in [2.45, 2.75) is 11.3 Å². The Morgan fingerprint density at radius 1 is 1.17 bits per heavy atom. The van der Waals surface area contributed by atoms with Crippen LogP contribution in [-0.4, -0.2) is 36.7 Å². The van der Waals surface area contributed by atoms with Gasteiger partial charge in [0.15, 0.2) is 0 Å². The molecule has 0 aromatic heterocycles. The van der Waals surface area contributed by atoms with Crippen LogP contribution >= 0.6 is 11.8 Å². The van der Waals surface area contributed by atoms with E-state index in [1.165, 1.54) is 11.1 Å². The van der Waals surface area contributed by atoms with Crippen LogP contribution in [0.4, 0.5) is 5.69 Å². The van der Waals surface area contributed by atoms with Crippen LogP contribution in [0.5, 0.6) is 0 Å². The number of benzene rings is 2. The predicted molar refractivity (Wildman–Crippen MR) is 102 cm³/mol. The molecule has 0 saturated carbocycles. The van der Waals surface area contributed by atoms with Gasteiger partial charge in [0.1, 0.15) is 0 Å². The first-order valence-corrected chi connectivity index (χ1v) is 9.38. The zero-order chi connectivity index (χ0) is 16.8. The zero-order valence-electron chi connectivity index (χ0n) is 13.9. The monoisotopic (exact) mass is 338 g/mol. The Morgan fingerprint density at radius 2 is 2.00 bits per heavy atom. The van der Waals surface area contributed by atoms with E-state index in [1.807, 2.05) is 36.6 Å². The molecule has 1 amide bonds.